The number of nitrogens with two attached hydrogens (primary N) is 1. The van der Waals surface area contributed by atoms with Crippen LogP contribution in [0.2, 0.25) is 0 Å². The van der Waals surface area contributed by atoms with Crippen LogP contribution in [0, 0.1) is 0 Å². The van der Waals surface area contributed by atoms with Crippen molar-refractivity contribution in [2.45, 2.75) is 13.0 Å². The molecule has 6 nitrogen and oxygen atoms in total. The Morgan fingerprint density at radius 1 is 1.19 bits per heavy atom. The van der Waals surface area contributed by atoms with Crippen molar-refractivity contribution >= 4 is 28.6 Å². The van der Waals surface area contributed by atoms with Crippen molar-refractivity contribution in [3.63, 3.8) is 0 Å². The molecule has 1 atom stereocenters. The Balaban J connectivity index is 1.97. The fraction of sp³-hybridized carbons (Fsp3) is 0.300. The summed E-state index contributed by atoms with van der Waals surface area (Å²) in [7, 11) is 1.99. The fourth-order valence-electron chi connectivity index (χ4n) is 3.64. The van der Waals surface area contributed by atoms with Crippen molar-refractivity contribution in [3.8, 4) is 0 Å². The van der Waals surface area contributed by atoms with Crippen LogP contribution < -0.4 is 21.3 Å². The van der Waals surface area contributed by atoms with E-state index in [1.165, 1.54) is 0 Å². The largest absolute Gasteiger partial charge is 0.383 e. The van der Waals surface area contributed by atoms with Gasteiger partial charge in [-0.05, 0) is 13.0 Å². The molecule has 26 heavy (non-hydrogen) atoms. The van der Waals surface area contributed by atoms with Gasteiger partial charge in [0, 0.05) is 49.5 Å². The molecular weight excluding hydrogens is 328 g/mol. The summed E-state index contributed by atoms with van der Waals surface area (Å²) < 4.78 is 0. The molecule has 6 heteroatoms. The summed E-state index contributed by atoms with van der Waals surface area (Å²) in [5, 5.41) is 6.60. The molecule has 1 unspecified atom stereocenters. The Labute approximate surface area is 152 Å². The maximum absolute atomic E-state index is 13.3. The molecule has 4 N–H and O–H groups in total. The molecule has 1 aliphatic heterocycles. The number of benzene rings is 2. The summed E-state index contributed by atoms with van der Waals surface area (Å²) in [6.45, 7) is 3.97. The molecule has 0 radical (unpaired) electrons. The lowest BCUT2D eigenvalue weighted by Gasteiger charge is -2.33. The lowest BCUT2D eigenvalue weighted by Crippen LogP contribution is -2.34. The number of rotatable bonds is 3. The summed E-state index contributed by atoms with van der Waals surface area (Å²) in [5.41, 5.74) is 10.0. The first-order valence-electron chi connectivity index (χ1n) is 8.83. The third-order valence-electron chi connectivity index (χ3n) is 4.95. The van der Waals surface area contributed by atoms with E-state index < -0.39 is 0 Å². The first-order chi connectivity index (χ1) is 12.5. The van der Waals surface area contributed by atoms with Crippen LogP contribution in [0.25, 0.3) is 0 Å². The molecular formula is C20H22N4O2. The standard InChI is InChI=1S/C20H22N4O2/c1-11(21)10-23-14-9-15-18(22-7-8-24(15)2)17-16(14)19(25)12-5-3-4-6-13(12)20(17)26/h3-6,9,11,22-23H,7-8,10,21H2,1-2H3. The van der Waals surface area contributed by atoms with Crippen LogP contribution in [0.5, 0.6) is 0 Å². The van der Waals surface area contributed by atoms with Crippen LogP contribution in [0.15, 0.2) is 30.3 Å². The molecule has 1 aliphatic carbocycles. The van der Waals surface area contributed by atoms with E-state index in [4.69, 9.17) is 5.73 Å². The van der Waals surface area contributed by atoms with Crippen LogP contribution in [0.4, 0.5) is 17.1 Å². The lowest BCUT2D eigenvalue weighted by atomic mass is 9.81. The quantitative estimate of drug-likeness (QED) is 0.670. The summed E-state index contributed by atoms with van der Waals surface area (Å²) in [5.74, 6) is -0.237. The van der Waals surface area contributed by atoms with E-state index in [1.807, 2.05) is 20.0 Å². The van der Waals surface area contributed by atoms with Crippen LogP contribution in [-0.4, -0.2) is 44.3 Å². The van der Waals surface area contributed by atoms with Gasteiger partial charge in [-0.2, -0.15) is 0 Å². The molecule has 0 bridgehead atoms. The minimum absolute atomic E-state index is 0.0702. The summed E-state index contributed by atoms with van der Waals surface area (Å²) in [6, 6.07) is 8.89. The van der Waals surface area contributed by atoms with Crippen LogP contribution in [-0.2, 0) is 0 Å². The van der Waals surface area contributed by atoms with Gasteiger partial charge in [0.25, 0.3) is 0 Å². The van der Waals surface area contributed by atoms with E-state index in [0.717, 1.165) is 24.5 Å². The van der Waals surface area contributed by atoms with Gasteiger partial charge in [0.05, 0.1) is 22.5 Å². The van der Waals surface area contributed by atoms with Gasteiger partial charge < -0.3 is 21.3 Å². The summed E-state index contributed by atoms with van der Waals surface area (Å²) in [4.78, 5) is 28.6. The van der Waals surface area contributed by atoms with Gasteiger partial charge in [0.2, 0.25) is 0 Å². The number of nitrogens with one attached hydrogen (secondary N) is 2. The van der Waals surface area contributed by atoms with Crippen molar-refractivity contribution in [2.24, 2.45) is 5.73 Å². The van der Waals surface area contributed by atoms with Crippen molar-refractivity contribution < 1.29 is 9.59 Å². The Morgan fingerprint density at radius 2 is 1.85 bits per heavy atom. The molecule has 1 heterocycles. The van der Waals surface area contributed by atoms with Gasteiger partial charge in [0.15, 0.2) is 11.6 Å². The minimum atomic E-state index is -0.125. The van der Waals surface area contributed by atoms with E-state index in [-0.39, 0.29) is 17.6 Å². The molecule has 4 rings (SSSR count). The SMILES string of the molecule is CC(N)CNc1cc2c(c3c1C(=O)c1ccccc1C3=O)NCCN2C. The predicted molar refractivity (Wildman–Crippen MR) is 104 cm³/mol. The van der Waals surface area contributed by atoms with Gasteiger partial charge in [-0.25, -0.2) is 0 Å². The Kier molecular flexibility index (Phi) is 3.92. The number of hydrogen-bond acceptors (Lipinski definition) is 6. The highest BCUT2D eigenvalue weighted by atomic mass is 16.1. The third kappa shape index (κ3) is 2.45. The minimum Gasteiger partial charge on any atom is -0.383 e. The second-order valence-corrected chi connectivity index (χ2v) is 6.98. The average molecular weight is 350 g/mol. The van der Waals surface area contributed by atoms with Crippen molar-refractivity contribution in [1.82, 2.24) is 0 Å². The topological polar surface area (TPSA) is 87.5 Å². The zero-order valence-electron chi connectivity index (χ0n) is 14.9. The molecule has 0 saturated heterocycles. The molecule has 0 fully saturated rings. The number of carbonyl (C=O) groups is 2. The van der Waals surface area contributed by atoms with Gasteiger partial charge in [-0.3, -0.25) is 9.59 Å². The number of likely N-dealkylation sites (N-methyl/N-ethyl adjacent to an activating group) is 1. The zero-order chi connectivity index (χ0) is 18.4. The number of anilines is 3. The van der Waals surface area contributed by atoms with Crippen molar-refractivity contribution in [3.05, 3.63) is 52.6 Å². The highest BCUT2D eigenvalue weighted by Crippen LogP contribution is 2.43. The zero-order valence-corrected chi connectivity index (χ0v) is 14.9. The van der Waals surface area contributed by atoms with Gasteiger partial charge >= 0.3 is 0 Å². The molecule has 2 aliphatic rings. The highest BCUT2D eigenvalue weighted by Gasteiger charge is 2.36. The number of carbonyl (C=O) groups excluding carboxylic acids is 2. The third-order valence-corrected chi connectivity index (χ3v) is 4.95. The van der Waals surface area contributed by atoms with Crippen LogP contribution in [0.3, 0.4) is 0 Å². The molecule has 0 amide bonds. The van der Waals surface area contributed by atoms with Crippen molar-refractivity contribution in [2.75, 3.05) is 42.2 Å². The molecule has 2 aromatic rings. The second-order valence-electron chi connectivity index (χ2n) is 6.98. The highest BCUT2D eigenvalue weighted by molar-refractivity contribution is 6.32. The molecule has 134 valence electrons. The number of nitrogens with zero attached hydrogens (tertiary/aromatic N) is 1. The molecule has 0 saturated carbocycles. The Hall–Kier alpha value is -2.86. The summed E-state index contributed by atoms with van der Waals surface area (Å²) in [6.07, 6.45) is 0. The van der Waals surface area contributed by atoms with Crippen LogP contribution >= 0.6 is 0 Å². The molecule has 0 aromatic heterocycles. The first-order valence-corrected chi connectivity index (χ1v) is 8.83. The van der Waals surface area contributed by atoms with E-state index in [0.29, 0.717) is 34.5 Å². The number of ketones is 2. The lowest BCUT2D eigenvalue weighted by molar-refractivity contribution is 0.0980. The maximum atomic E-state index is 13.3. The van der Waals surface area contributed by atoms with Gasteiger partial charge in [-0.15, -0.1) is 0 Å². The van der Waals surface area contributed by atoms with Crippen LogP contribution in [0.1, 0.15) is 38.8 Å². The smallest absolute Gasteiger partial charge is 0.196 e. The van der Waals surface area contributed by atoms with E-state index >= 15 is 0 Å². The molecule has 2 aromatic carbocycles. The number of hydrogen-bond donors (Lipinski definition) is 3. The maximum Gasteiger partial charge on any atom is 0.196 e. The normalized spacial score (nSPS) is 16.3. The van der Waals surface area contributed by atoms with Gasteiger partial charge in [-0.1, -0.05) is 24.3 Å². The Morgan fingerprint density at radius 3 is 2.50 bits per heavy atom. The van der Waals surface area contributed by atoms with E-state index in [1.54, 1.807) is 24.3 Å². The number of fused-ring (bicyclic) bond motifs is 4. The van der Waals surface area contributed by atoms with Gasteiger partial charge in [0.1, 0.15) is 0 Å². The van der Waals surface area contributed by atoms with E-state index in [9.17, 15) is 9.59 Å². The Bertz CT molecular complexity index is 920. The van der Waals surface area contributed by atoms with E-state index in [2.05, 4.69) is 15.5 Å². The average Bonchev–Trinajstić information content (AvgIpc) is 2.64. The second kappa shape index (κ2) is 6.14. The predicted octanol–water partition coefficient (Wildman–Crippen LogP) is 2.08. The fourth-order valence-corrected chi connectivity index (χ4v) is 3.64. The molecule has 0 spiro atoms. The van der Waals surface area contributed by atoms with Crippen molar-refractivity contribution in [1.29, 1.82) is 0 Å². The first kappa shape index (κ1) is 16.6. The monoisotopic (exact) mass is 350 g/mol. The summed E-state index contributed by atoms with van der Waals surface area (Å²) >= 11 is 0.